The topological polar surface area (TPSA) is 41.6 Å². The second-order valence-corrected chi connectivity index (χ2v) is 4.74. The summed E-state index contributed by atoms with van der Waals surface area (Å²) in [7, 11) is 1.99. The number of nitrogens with one attached hydrogen (secondary N) is 1. The average Bonchev–Trinajstić information content (AvgIpc) is 2.31. The summed E-state index contributed by atoms with van der Waals surface area (Å²) in [6, 6.07) is -0.0467. The molecule has 1 aliphatic rings. The minimum Gasteiger partial charge on any atom is -0.465 e. The number of hydrogen-bond acceptors (Lipinski definition) is 4. The van der Waals surface area contributed by atoms with Crippen molar-refractivity contribution in [2.75, 3.05) is 33.3 Å². The molecule has 1 saturated heterocycles. The Morgan fingerprint density at radius 2 is 2.29 bits per heavy atom. The van der Waals surface area contributed by atoms with E-state index in [-0.39, 0.29) is 12.0 Å². The van der Waals surface area contributed by atoms with Crippen molar-refractivity contribution in [3.8, 4) is 0 Å². The molecule has 1 rings (SSSR count). The summed E-state index contributed by atoms with van der Waals surface area (Å²) in [6.07, 6.45) is 3.28. The standard InChI is InChI=1S/C13H26N2O2/c1-4-12(13(16)17-5-2)15-8-6-7-11(10-15)9-14-3/h11-12,14H,4-10H2,1-3H3. The Labute approximate surface area is 105 Å². The van der Waals surface area contributed by atoms with Crippen LogP contribution in [0.3, 0.4) is 0 Å². The van der Waals surface area contributed by atoms with Crippen LogP contribution in [0.5, 0.6) is 0 Å². The third-order valence-electron chi connectivity index (χ3n) is 3.43. The van der Waals surface area contributed by atoms with Crippen LogP contribution < -0.4 is 5.32 Å². The van der Waals surface area contributed by atoms with E-state index in [1.807, 2.05) is 14.0 Å². The Hall–Kier alpha value is -0.610. The zero-order valence-corrected chi connectivity index (χ0v) is 11.4. The lowest BCUT2D eigenvalue weighted by atomic mass is 9.96. The van der Waals surface area contributed by atoms with Gasteiger partial charge in [-0.1, -0.05) is 6.92 Å². The third kappa shape index (κ3) is 4.28. The SMILES string of the molecule is CCOC(=O)C(CC)N1CCCC(CNC)C1. The summed E-state index contributed by atoms with van der Waals surface area (Å²) in [4.78, 5) is 14.2. The van der Waals surface area contributed by atoms with Gasteiger partial charge < -0.3 is 10.1 Å². The second kappa shape index (κ2) is 7.67. The van der Waals surface area contributed by atoms with Gasteiger partial charge in [0.25, 0.3) is 0 Å². The molecule has 0 bridgehead atoms. The lowest BCUT2D eigenvalue weighted by molar-refractivity contribution is -0.150. The van der Waals surface area contributed by atoms with Gasteiger partial charge in [-0.05, 0) is 52.2 Å². The number of piperidine rings is 1. The van der Waals surface area contributed by atoms with Crippen LogP contribution in [0.25, 0.3) is 0 Å². The fourth-order valence-corrected chi connectivity index (χ4v) is 2.65. The van der Waals surface area contributed by atoms with Crippen LogP contribution in [0.4, 0.5) is 0 Å². The fourth-order valence-electron chi connectivity index (χ4n) is 2.65. The minimum atomic E-state index is -0.0555. The maximum atomic E-state index is 11.9. The number of ether oxygens (including phenoxy) is 1. The average molecular weight is 242 g/mol. The zero-order chi connectivity index (χ0) is 12.7. The molecule has 0 aromatic carbocycles. The van der Waals surface area contributed by atoms with E-state index in [2.05, 4.69) is 17.1 Å². The molecule has 1 N–H and O–H groups in total. The van der Waals surface area contributed by atoms with Gasteiger partial charge in [0.2, 0.25) is 0 Å². The Morgan fingerprint density at radius 1 is 1.53 bits per heavy atom. The molecule has 4 nitrogen and oxygen atoms in total. The third-order valence-corrected chi connectivity index (χ3v) is 3.43. The van der Waals surface area contributed by atoms with E-state index in [1.54, 1.807) is 0 Å². The van der Waals surface area contributed by atoms with E-state index >= 15 is 0 Å². The molecule has 17 heavy (non-hydrogen) atoms. The number of rotatable bonds is 6. The van der Waals surface area contributed by atoms with Gasteiger partial charge >= 0.3 is 5.97 Å². The molecular weight excluding hydrogens is 216 g/mol. The van der Waals surface area contributed by atoms with E-state index in [4.69, 9.17) is 4.74 Å². The molecule has 1 heterocycles. The quantitative estimate of drug-likeness (QED) is 0.712. The van der Waals surface area contributed by atoms with Crippen molar-refractivity contribution in [3.05, 3.63) is 0 Å². The molecule has 0 amide bonds. The summed E-state index contributed by atoms with van der Waals surface area (Å²) < 4.78 is 5.15. The Bertz CT molecular complexity index is 231. The van der Waals surface area contributed by atoms with Gasteiger partial charge in [-0.15, -0.1) is 0 Å². The minimum absolute atomic E-state index is 0.0467. The molecule has 0 aromatic heterocycles. The van der Waals surface area contributed by atoms with E-state index in [0.717, 1.165) is 26.1 Å². The van der Waals surface area contributed by atoms with Gasteiger partial charge in [-0.2, -0.15) is 0 Å². The van der Waals surface area contributed by atoms with Crippen LogP contribution in [0.15, 0.2) is 0 Å². The fraction of sp³-hybridized carbons (Fsp3) is 0.923. The molecule has 0 radical (unpaired) electrons. The number of hydrogen-bond donors (Lipinski definition) is 1. The molecular formula is C13H26N2O2. The maximum absolute atomic E-state index is 11.9. The Kier molecular flexibility index (Phi) is 6.52. The first-order valence-corrected chi connectivity index (χ1v) is 6.78. The molecule has 4 heteroatoms. The van der Waals surface area contributed by atoms with Gasteiger partial charge in [0.05, 0.1) is 6.61 Å². The number of likely N-dealkylation sites (tertiary alicyclic amines) is 1. The van der Waals surface area contributed by atoms with Crippen LogP contribution in [0.2, 0.25) is 0 Å². The van der Waals surface area contributed by atoms with Crippen molar-refractivity contribution < 1.29 is 9.53 Å². The lowest BCUT2D eigenvalue weighted by Gasteiger charge is -2.36. The van der Waals surface area contributed by atoms with Crippen LogP contribution in [0.1, 0.15) is 33.1 Å². The first kappa shape index (κ1) is 14.5. The molecule has 1 fully saturated rings. The van der Waals surface area contributed by atoms with Crippen molar-refractivity contribution in [3.63, 3.8) is 0 Å². The van der Waals surface area contributed by atoms with Crippen molar-refractivity contribution in [2.24, 2.45) is 5.92 Å². The molecule has 2 unspecified atom stereocenters. The summed E-state index contributed by atoms with van der Waals surface area (Å²) in [6.45, 7) is 7.47. The number of esters is 1. The van der Waals surface area contributed by atoms with Crippen LogP contribution in [-0.2, 0) is 9.53 Å². The molecule has 0 saturated carbocycles. The highest BCUT2D eigenvalue weighted by molar-refractivity contribution is 5.75. The largest absolute Gasteiger partial charge is 0.465 e. The zero-order valence-electron chi connectivity index (χ0n) is 11.4. The van der Waals surface area contributed by atoms with E-state index in [1.165, 1.54) is 12.8 Å². The molecule has 0 spiro atoms. The lowest BCUT2D eigenvalue weighted by Crippen LogP contribution is -2.48. The van der Waals surface area contributed by atoms with Crippen LogP contribution in [-0.4, -0.2) is 50.2 Å². The van der Waals surface area contributed by atoms with Gasteiger partial charge in [-0.25, -0.2) is 0 Å². The summed E-state index contributed by atoms with van der Waals surface area (Å²) in [5.74, 6) is 0.609. The van der Waals surface area contributed by atoms with Gasteiger partial charge in [-0.3, -0.25) is 9.69 Å². The second-order valence-electron chi connectivity index (χ2n) is 4.74. The summed E-state index contributed by atoms with van der Waals surface area (Å²) in [5, 5.41) is 3.23. The highest BCUT2D eigenvalue weighted by Crippen LogP contribution is 2.19. The first-order valence-electron chi connectivity index (χ1n) is 6.78. The molecule has 2 atom stereocenters. The smallest absolute Gasteiger partial charge is 0.323 e. The van der Waals surface area contributed by atoms with Crippen LogP contribution in [0, 0.1) is 5.92 Å². The van der Waals surface area contributed by atoms with E-state index in [9.17, 15) is 4.79 Å². The number of carbonyl (C=O) groups is 1. The van der Waals surface area contributed by atoms with Crippen molar-refractivity contribution in [2.45, 2.75) is 39.2 Å². The molecule has 0 aliphatic carbocycles. The molecule has 0 aromatic rings. The van der Waals surface area contributed by atoms with Crippen molar-refractivity contribution in [1.82, 2.24) is 10.2 Å². The van der Waals surface area contributed by atoms with E-state index in [0.29, 0.717) is 12.5 Å². The van der Waals surface area contributed by atoms with Gasteiger partial charge in [0.15, 0.2) is 0 Å². The van der Waals surface area contributed by atoms with E-state index < -0.39 is 0 Å². The Balaban J connectivity index is 2.52. The van der Waals surface area contributed by atoms with Crippen LogP contribution >= 0.6 is 0 Å². The molecule has 1 aliphatic heterocycles. The van der Waals surface area contributed by atoms with Crippen molar-refractivity contribution >= 4 is 5.97 Å². The number of nitrogens with zero attached hydrogens (tertiary/aromatic N) is 1. The Morgan fingerprint density at radius 3 is 2.88 bits per heavy atom. The summed E-state index contributed by atoms with van der Waals surface area (Å²) >= 11 is 0. The molecule has 100 valence electrons. The monoisotopic (exact) mass is 242 g/mol. The highest BCUT2D eigenvalue weighted by atomic mass is 16.5. The maximum Gasteiger partial charge on any atom is 0.323 e. The predicted molar refractivity (Wildman–Crippen MR) is 68.9 cm³/mol. The van der Waals surface area contributed by atoms with Gasteiger partial charge in [0.1, 0.15) is 6.04 Å². The summed E-state index contributed by atoms with van der Waals surface area (Å²) in [5.41, 5.74) is 0. The normalized spacial score (nSPS) is 23.4. The first-order chi connectivity index (χ1) is 8.22. The number of carbonyl (C=O) groups excluding carboxylic acids is 1. The van der Waals surface area contributed by atoms with Crippen molar-refractivity contribution in [1.29, 1.82) is 0 Å². The highest BCUT2D eigenvalue weighted by Gasteiger charge is 2.29. The van der Waals surface area contributed by atoms with Gasteiger partial charge in [0, 0.05) is 6.54 Å². The predicted octanol–water partition coefficient (Wildman–Crippen LogP) is 1.26.